The molecule has 0 saturated carbocycles. The molecule has 0 saturated heterocycles. The topological polar surface area (TPSA) is 64.3 Å². The van der Waals surface area contributed by atoms with Gasteiger partial charge in [0, 0.05) is 18.2 Å². The Morgan fingerprint density at radius 1 is 1.42 bits per heavy atom. The zero-order chi connectivity index (χ0) is 13.7. The fraction of sp³-hybridized carbons (Fsp3) is 0.286. The largest absolute Gasteiger partial charge is 0.469 e. The first-order valence-corrected chi connectivity index (χ1v) is 6.05. The highest BCUT2D eigenvalue weighted by Crippen LogP contribution is 2.19. The predicted octanol–water partition coefficient (Wildman–Crippen LogP) is 1.86. The first kappa shape index (κ1) is 13.3. The number of aliphatic hydroxyl groups is 1. The Hall–Kier alpha value is -2.14. The molecule has 0 aliphatic carbocycles. The lowest BCUT2D eigenvalue weighted by molar-refractivity contribution is -0.141. The molecule has 0 radical (unpaired) electrons. The fourth-order valence-electron chi connectivity index (χ4n) is 1.75. The van der Waals surface area contributed by atoms with Crippen LogP contribution in [0.15, 0.2) is 42.7 Å². The van der Waals surface area contributed by atoms with E-state index in [0.717, 1.165) is 5.69 Å². The molecule has 1 unspecified atom stereocenters. The molecule has 19 heavy (non-hydrogen) atoms. The number of hydrogen-bond acceptors (Lipinski definition) is 4. The number of rotatable bonds is 5. The Balaban J connectivity index is 2.03. The van der Waals surface area contributed by atoms with Crippen LogP contribution in [0.1, 0.15) is 24.5 Å². The Kier molecular flexibility index (Phi) is 4.30. The molecule has 0 aliphatic heterocycles. The Morgan fingerprint density at radius 2 is 2.16 bits per heavy atom. The maximum absolute atomic E-state index is 11.0. The van der Waals surface area contributed by atoms with Crippen LogP contribution >= 0.6 is 0 Å². The van der Waals surface area contributed by atoms with Gasteiger partial charge >= 0.3 is 5.97 Å². The number of carbonyl (C=O) groups excluding carboxylic acids is 1. The summed E-state index contributed by atoms with van der Waals surface area (Å²) in [5.41, 5.74) is 1.61. The smallest absolute Gasteiger partial charge is 0.305 e. The van der Waals surface area contributed by atoms with E-state index >= 15 is 0 Å². The number of hydrogen-bond donors (Lipinski definition) is 1. The van der Waals surface area contributed by atoms with Crippen LogP contribution in [-0.2, 0) is 9.53 Å². The third-order valence-electron chi connectivity index (χ3n) is 2.86. The van der Waals surface area contributed by atoms with Gasteiger partial charge in [-0.2, -0.15) is 5.10 Å². The van der Waals surface area contributed by atoms with E-state index in [1.54, 1.807) is 17.1 Å². The monoisotopic (exact) mass is 260 g/mol. The van der Waals surface area contributed by atoms with Crippen LogP contribution in [0.5, 0.6) is 0 Å². The van der Waals surface area contributed by atoms with Crippen molar-refractivity contribution < 1.29 is 14.6 Å². The average Bonchev–Trinajstić information content (AvgIpc) is 2.95. The van der Waals surface area contributed by atoms with E-state index in [1.165, 1.54) is 7.11 Å². The highest BCUT2D eigenvalue weighted by Gasteiger charge is 2.13. The van der Waals surface area contributed by atoms with Gasteiger partial charge in [0.1, 0.15) is 0 Å². The second-order valence-electron chi connectivity index (χ2n) is 4.18. The summed E-state index contributed by atoms with van der Waals surface area (Å²) in [4.78, 5) is 11.0. The normalized spacial score (nSPS) is 12.1. The third-order valence-corrected chi connectivity index (χ3v) is 2.86. The molecule has 0 aliphatic rings. The third kappa shape index (κ3) is 3.42. The van der Waals surface area contributed by atoms with Crippen LogP contribution in [0.3, 0.4) is 0 Å². The molecule has 100 valence electrons. The van der Waals surface area contributed by atoms with Gasteiger partial charge in [-0.05, 0) is 18.6 Å². The molecular formula is C14H16N2O3. The molecule has 2 rings (SSSR count). The second-order valence-corrected chi connectivity index (χ2v) is 4.18. The Labute approximate surface area is 111 Å². The van der Waals surface area contributed by atoms with E-state index in [9.17, 15) is 9.90 Å². The van der Waals surface area contributed by atoms with E-state index in [0.29, 0.717) is 12.0 Å². The van der Waals surface area contributed by atoms with Crippen LogP contribution in [0.2, 0.25) is 0 Å². The predicted molar refractivity (Wildman–Crippen MR) is 69.8 cm³/mol. The zero-order valence-electron chi connectivity index (χ0n) is 10.7. The number of methoxy groups -OCH3 is 1. The Bertz CT molecular complexity index is 537. The van der Waals surface area contributed by atoms with Crippen LogP contribution in [0, 0.1) is 0 Å². The molecule has 1 N–H and O–H groups in total. The zero-order valence-corrected chi connectivity index (χ0v) is 10.7. The molecule has 0 bridgehead atoms. The van der Waals surface area contributed by atoms with Crippen LogP contribution in [0.4, 0.5) is 0 Å². The molecule has 0 spiro atoms. The number of esters is 1. The van der Waals surface area contributed by atoms with Gasteiger partial charge in [-0.25, -0.2) is 4.68 Å². The quantitative estimate of drug-likeness (QED) is 0.833. The van der Waals surface area contributed by atoms with Crippen molar-refractivity contribution in [2.75, 3.05) is 7.11 Å². The minimum Gasteiger partial charge on any atom is -0.469 e. The van der Waals surface area contributed by atoms with E-state index < -0.39 is 6.10 Å². The van der Waals surface area contributed by atoms with Crippen molar-refractivity contribution >= 4 is 5.97 Å². The minimum absolute atomic E-state index is 0.189. The van der Waals surface area contributed by atoms with Gasteiger partial charge in [0.2, 0.25) is 0 Å². The van der Waals surface area contributed by atoms with Crippen molar-refractivity contribution in [3.05, 3.63) is 48.3 Å². The van der Waals surface area contributed by atoms with Gasteiger partial charge < -0.3 is 9.84 Å². The molecular weight excluding hydrogens is 244 g/mol. The first-order chi connectivity index (χ1) is 9.20. The van der Waals surface area contributed by atoms with Crippen molar-refractivity contribution in [1.29, 1.82) is 0 Å². The van der Waals surface area contributed by atoms with Gasteiger partial charge in [0.05, 0.1) is 25.1 Å². The van der Waals surface area contributed by atoms with E-state index in [-0.39, 0.29) is 12.4 Å². The Morgan fingerprint density at radius 3 is 2.84 bits per heavy atom. The summed E-state index contributed by atoms with van der Waals surface area (Å²) in [6.07, 6.45) is 3.17. The van der Waals surface area contributed by atoms with Gasteiger partial charge in [-0.1, -0.05) is 18.2 Å². The summed E-state index contributed by atoms with van der Waals surface area (Å²) in [6.45, 7) is 0. The first-order valence-electron chi connectivity index (χ1n) is 6.05. The highest BCUT2D eigenvalue weighted by molar-refractivity contribution is 5.69. The SMILES string of the molecule is COC(=O)CCC(O)c1cnn(-c2ccccc2)c1. The average molecular weight is 260 g/mol. The lowest BCUT2D eigenvalue weighted by Crippen LogP contribution is -2.04. The molecule has 0 fully saturated rings. The summed E-state index contributed by atoms with van der Waals surface area (Å²) < 4.78 is 6.23. The molecule has 1 atom stereocenters. The minimum atomic E-state index is -0.712. The molecule has 5 nitrogen and oxygen atoms in total. The summed E-state index contributed by atoms with van der Waals surface area (Å²) in [7, 11) is 1.34. The van der Waals surface area contributed by atoms with Crippen molar-refractivity contribution in [3.8, 4) is 5.69 Å². The van der Waals surface area contributed by atoms with Crippen molar-refractivity contribution in [2.45, 2.75) is 18.9 Å². The maximum atomic E-state index is 11.0. The second kappa shape index (κ2) is 6.15. The van der Waals surface area contributed by atoms with Crippen molar-refractivity contribution in [1.82, 2.24) is 9.78 Å². The lowest BCUT2D eigenvalue weighted by Gasteiger charge is -2.06. The van der Waals surface area contributed by atoms with Gasteiger partial charge in [0.25, 0.3) is 0 Å². The van der Waals surface area contributed by atoms with Crippen LogP contribution < -0.4 is 0 Å². The molecule has 1 aromatic heterocycles. The molecule has 1 aromatic carbocycles. The van der Waals surface area contributed by atoms with E-state index in [2.05, 4.69) is 9.84 Å². The van der Waals surface area contributed by atoms with Crippen LogP contribution in [0.25, 0.3) is 5.69 Å². The number of aromatic nitrogens is 2. The number of ether oxygens (including phenoxy) is 1. The van der Waals surface area contributed by atoms with Gasteiger partial charge in [-0.15, -0.1) is 0 Å². The standard InChI is InChI=1S/C14H16N2O3/c1-19-14(18)8-7-13(17)11-9-15-16(10-11)12-5-3-2-4-6-12/h2-6,9-10,13,17H,7-8H2,1H3. The summed E-state index contributed by atoms with van der Waals surface area (Å²) in [6, 6.07) is 9.63. The number of carbonyl (C=O) groups is 1. The number of para-hydroxylation sites is 1. The molecule has 2 aromatic rings. The molecule has 0 amide bonds. The number of benzene rings is 1. The van der Waals surface area contributed by atoms with Crippen molar-refractivity contribution in [2.24, 2.45) is 0 Å². The molecule has 1 heterocycles. The lowest BCUT2D eigenvalue weighted by atomic mass is 10.1. The van der Waals surface area contributed by atoms with Crippen molar-refractivity contribution in [3.63, 3.8) is 0 Å². The van der Waals surface area contributed by atoms with E-state index in [1.807, 2.05) is 30.3 Å². The summed E-state index contributed by atoms with van der Waals surface area (Å²) in [5, 5.41) is 14.2. The summed E-state index contributed by atoms with van der Waals surface area (Å²) in [5.74, 6) is -0.325. The summed E-state index contributed by atoms with van der Waals surface area (Å²) >= 11 is 0. The van der Waals surface area contributed by atoms with Gasteiger partial charge in [-0.3, -0.25) is 4.79 Å². The van der Waals surface area contributed by atoms with Gasteiger partial charge in [0.15, 0.2) is 0 Å². The number of aliphatic hydroxyl groups excluding tert-OH is 1. The van der Waals surface area contributed by atoms with Crippen LogP contribution in [-0.4, -0.2) is 28.0 Å². The molecule has 5 heteroatoms. The highest BCUT2D eigenvalue weighted by atomic mass is 16.5. The maximum Gasteiger partial charge on any atom is 0.305 e. The van der Waals surface area contributed by atoms with E-state index in [4.69, 9.17) is 0 Å². The fourth-order valence-corrected chi connectivity index (χ4v) is 1.75. The number of nitrogens with zero attached hydrogens (tertiary/aromatic N) is 2.